The highest BCUT2D eigenvalue weighted by atomic mass is 16.5. The van der Waals surface area contributed by atoms with Crippen LogP contribution >= 0.6 is 0 Å². The molecule has 0 saturated carbocycles. The number of carbonyl (C=O) groups is 1. The third-order valence-electron chi connectivity index (χ3n) is 6.03. The van der Waals surface area contributed by atoms with Gasteiger partial charge in [-0.25, -0.2) is 4.98 Å². The van der Waals surface area contributed by atoms with E-state index in [0.29, 0.717) is 23.0 Å². The largest absolute Gasteiger partial charge is 0.488 e. The third-order valence-corrected chi connectivity index (χ3v) is 6.03. The number of fused-ring (bicyclic) bond motifs is 3. The fraction of sp³-hybridized carbons (Fsp3) is 0.375. The molecule has 5 rings (SSSR count). The average molecular weight is 403 g/mol. The van der Waals surface area contributed by atoms with Gasteiger partial charge in [0.2, 0.25) is 0 Å². The summed E-state index contributed by atoms with van der Waals surface area (Å²) in [7, 11) is 0. The molecule has 0 radical (unpaired) electrons. The quantitative estimate of drug-likeness (QED) is 0.729. The molecule has 0 spiro atoms. The van der Waals surface area contributed by atoms with E-state index in [-0.39, 0.29) is 17.6 Å². The van der Waals surface area contributed by atoms with E-state index in [9.17, 15) is 9.59 Å². The van der Waals surface area contributed by atoms with Crippen molar-refractivity contribution in [2.75, 3.05) is 6.54 Å². The summed E-state index contributed by atoms with van der Waals surface area (Å²) in [6.07, 6.45) is 5.91. The Morgan fingerprint density at radius 1 is 1.13 bits per heavy atom. The lowest BCUT2D eigenvalue weighted by Gasteiger charge is -2.16. The van der Waals surface area contributed by atoms with Crippen molar-refractivity contribution in [3.8, 4) is 5.75 Å². The van der Waals surface area contributed by atoms with Crippen molar-refractivity contribution in [1.29, 1.82) is 0 Å². The molecular formula is C24H25N3O3. The predicted octanol–water partition coefficient (Wildman–Crippen LogP) is 3.25. The van der Waals surface area contributed by atoms with Gasteiger partial charge in [0.05, 0.1) is 17.4 Å². The lowest BCUT2D eigenvalue weighted by molar-refractivity contribution is 0.0933. The Hall–Kier alpha value is -3.15. The van der Waals surface area contributed by atoms with E-state index >= 15 is 0 Å². The predicted molar refractivity (Wildman–Crippen MR) is 115 cm³/mol. The van der Waals surface area contributed by atoms with Crippen molar-refractivity contribution in [3.63, 3.8) is 0 Å². The summed E-state index contributed by atoms with van der Waals surface area (Å²) < 4.78 is 7.71. The summed E-state index contributed by atoms with van der Waals surface area (Å²) in [5.41, 5.74) is 2.29. The Kier molecular flexibility index (Phi) is 4.99. The van der Waals surface area contributed by atoms with Crippen molar-refractivity contribution in [3.05, 3.63) is 69.8 Å². The van der Waals surface area contributed by atoms with Crippen LogP contribution in [-0.4, -0.2) is 28.1 Å². The van der Waals surface area contributed by atoms with Crippen LogP contribution < -0.4 is 15.6 Å². The first kappa shape index (κ1) is 18.9. The normalized spacial score (nSPS) is 18.1. The SMILES string of the molecule is O=C(NCC1Cc2ccccc2O1)c1ccc2c(=O)n3c(nc2c1)CCCCCC3. The van der Waals surface area contributed by atoms with E-state index in [2.05, 4.69) is 11.4 Å². The number of para-hydroxylation sites is 1. The van der Waals surface area contributed by atoms with E-state index < -0.39 is 0 Å². The van der Waals surface area contributed by atoms with Gasteiger partial charge in [-0.1, -0.05) is 31.0 Å². The molecule has 1 unspecified atom stereocenters. The minimum absolute atomic E-state index is 0.000906. The fourth-order valence-corrected chi connectivity index (χ4v) is 4.41. The maximum Gasteiger partial charge on any atom is 0.261 e. The Bertz CT molecular complexity index is 1140. The van der Waals surface area contributed by atoms with Gasteiger partial charge in [-0.05, 0) is 42.7 Å². The smallest absolute Gasteiger partial charge is 0.261 e. The monoisotopic (exact) mass is 403 g/mol. The molecule has 2 aliphatic heterocycles. The molecule has 3 heterocycles. The van der Waals surface area contributed by atoms with Crippen LogP contribution in [0.15, 0.2) is 47.3 Å². The highest BCUT2D eigenvalue weighted by Crippen LogP contribution is 2.27. The standard InChI is InChI=1S/C24H25N3O3/c28-23(25-15-18-13-16-7-4-5-8-21(16)30-18)17-10-11-19-20(14-17)26-22-9-3-1-2-6-12-27(22)24(19)29/h4-5,7-8,10-11,14,18H,1-3,6,9,12-13,15H2,(H,25,28). The second-order valence-corrected chi connectivity index (χ2v) is 8.14. The molecule has 6 heteroatoms. The number of aromatic nitrogens is 2. The molecule has 1 N–H and O–H groups in total. The molecule has 6 nitrogen and oxygen atoms in total. The highest BCUT2D eigenvalue weighted by molar-refractivity contribution is 5.97. The molecule has 154 valence electrons. The molecule has 0 bridgehead atoms. The molecule has 1 atom stereocenters. The van der Waals surface area contributed by atoms with Gasteiger partial charge >= 0.3 is 0 Å². The van der Waals surface area contributed by atoms with E-state index in [0.717, 1.165) is 50.2 Å². The summed E-state index contributed by atoms with van der Waals surface area (Å²) in [6, 6.07) is 13.1. The summed E-state index contributed by atoms with van der Waals surface area (Å²) in [6.45, 7) is 1.16. The highest BCUT2D eigenvalue weighted by Gasteiger charge is 2.23. The van der Waals surface area contributed by atoms with Crippen LogP contribution in [0, 0.1) is 0 Å². The topological polar surface area (TPSA) is 73.2 Å². The van der Waals surface area contributed by atoms with Gasteiger partial charge < -0.3 is 10.1 Å². The summed E-state index contributed by atoms with van der Waals surface area (Å²) in [5, 5.41) is 3.54. The lowest BCUT2D eigenvalue weighted by Crippen LogP contribution is -2.34. The second-order valence-electron chi connectivity index (χ2n) is 8.14. The van der Waals surface area contributed by atoms with Crippen molar-refractivity contribution >= 4 is 16.8 Å². The zero-order valence-electron chi connectivity index (χ0n) is 16.9. The molecule has 3 aromatic rings. The van der Waals surface area contributed by atoms with Crippen molar-refractivity contribution < 1.29 is 9.53 Å². The number of amides is 1. The maximum absolute atomic E-state index is 12.9. The van der Waals surface area contributed by atoms with Gasteiger partial charge in [0.15, 0.2) is 0 Å². The number of nitrogens with one attached hydrogen (secondary N) is 1. The van der Waals surface area contributed by atoms with Crippen LogP contribution in [0.3, 0.4) is 0 Å². The van der Waals surface area contributed by atoms with Gasteiger partial charge in [-0.2, -0.15) is 0 Å². The van der Waals surface area contributed by atoms with E-state index in [1.807, 2.05) is 22.8 Å². The molecular weight excluding hydrogens is 378 g/mol. The summed E-state index contributed by atoms with van der Waals surface area (Å²) >= 11 is 0. The van der Waals surface area contributed by atoms with Crippen LogP contribution in [0.5, 0.6) is 5.75 Å². The van der Waals surface area contributed by atoms with Gasteiger partial charge in [0, 0.05) is 24.9 Å². The Balaban J connectivity index is 1.34. The van der Waals surface area contributed by atoms with E-state index in [1.54, 1.807) is 18.2 Å². The molecule has 2 aromatic carbocycles. The second kappa shape index (κ2) is 7.94. The average Bonchev–Trinajstić information content (AvgIpc) is 3.16. The first-order valence-electron chi connectivity index (χ1n) is 10.8. The van der Waals surface area contributed by atoms with Gasteiger partial charge in [0.25, 0.3) is 11.5 Å². The van der Waals surface area contributed by atoms with Crippen molar-refractivity contribution in [2.24, 2.45) is 0 Å². The van der Waals surface area contributed by atoms with Crippen LogP contribution in [0.2, 0.25) is 0 Å². The first-order valence-corrected chi connectivity index (χ1v) is 10.8. The number of hydrogen-bond donors (Lipinski definition) is 1. The Labute approximate surface area is 174 Å². The molecule has 1 amide bonds. The number of ether oxygens (including phenoxy) is 1. The maximum atomic E-state index is 12.9. The van der Waals surface area contributed by atoms with E-state index in [1.165, 1.54) is 12.0 Å². The van der Waals surface area contributed by atoms with Crippen LogP contribution in [0.1, 0.15) is 47.4 Å². The van der Waals surface area contributed by atoms with Crippen LogP contribution in [-0.2, 0) is 19.4 Å². The summed E-state index contributed by atoms with van der Waals surface area (Å²) in [5.74, 6) is 1.55. The number of carbonyl (C=O) groups excluding carboxylic acids is 1. The van der Waals surface area contributed by atoms with E-state index in [4.69, 9.17) is 9.72 Å². The molecule has 0 fully saturated rings. The first-order chi connectivity index (χ1) is 14.7. The molecule has 2 aliphatic rings. The van der Waals surface area contributed by atoms with Gasteiger partial charge in [-0.3, -0.25) is 14.2 Å². The Morgan fingerprint density at radius 2 is 2.00 bits per heavy atom. The zero-order valence-corrected chi connectivity index (χ0v) is 16.9. The molecule has 0 aliphatic carbocycles. The van der Waals surface area contributed by atoms with Crippen molar-refractivity contribution in [1.82, 2.24) is 14.9 Å². The number of benzene rings is 2. The number of rotatable bonds is 3. The molecule has 0 saturated heterocycles. The van der Waals surface area contributed by atoms with Crippen LogP contribution in [0.4, 0.5) is 0 Å². The Morgan fingerprint density at radius 3 is 2.90 bits per heavy atom. The third kappa shape index (κ3) is 3.58. The lowest BCUT2D eigenvalue weighted by atomic mass is 10.1. The minimum atomic E-state index is -0.176. The molecule has 1 aromatic heterocycles. The number of nitrogens with zero attached hydrogens (tertiary/aromatic N) is 2. The number of hydrogen-bond acceptors (Lipinski definition) is 4. The minimum Gasteiger partial charge on any atom is -0.488 e. The van der Waals surface area contributed by atoms with Gasteiger partial charge in [0.1, 0.15) is 17.7 Å². The number of aryl methyl sites for hydroxylation is 1. The van der Waals surface area contributed by atoms with Gasteiger partial charge in [-0.15, -0.1) is 0 Å². The van der Waals surface area contributed by atoms with Crippen LogP contribution in [0.25, 0.3) is 10.9 Å². The fourth-order valence-electron chi connectivity index (χ4n) is 4.41. The zero-order chi connectivity index (χ0) is 20.5. The van der Waals surface area contributed by atoms with Crippen molar-refractivity contribution in [2.45, 2.75) is 51.2 Å². The summed E-state index contributed by atoms with van der Waals surface area (Å²) in [4.78, 5) is 30.4. The molecule has 30 heavy (non-hydrogen) atoms.